The van der Waals surface area contributed by atoms with E-state index in [0.29, 0.717) is 38.7 Å². The number of Topliss-reactive ketones (excluding diaryl/α,β-unsaturated/α-hetero) is 1. The van der Waals surface area contributed by atoms with E-state index in [9.17, 15) is 61.0 Å². The van der Waals surface area contributed by atoms with Gasteiger partial charge < -0.3 is 94.1 Å². The molecule has 1 spiro atoms. The zero-order valence-corrected chi connectivity index (χ0v) is 37.3. The largest absolute Gasteiger partial charge is 0.394 e. The number of ether oxygens (including phenoxy) is 8. The number of carbonyl (C=O) groups is 1. The summed E-state index contributed by atoms with van der Waals surface area (Å²) in [5.41, 5.74) is 0.308. The second-order valence-electron chi connectivity index (χ2n) is 21.1. The van der Waals surface area contributed by atoms with E-state index in [0.717, 1.165) is 18.4 Å². The second kappa shape index (κ2) is 18.1. The van der Waals surface area contributed by atoms with Crippen molar-refractivity contribution in [3.05, 3.63) is 11.6 Å². The van der Waals surface area contributed by atoms with Crippen molar-refractivity contribution < 1.29 is 98.9 Å². The van der Waals surface area contributed by atoms with E-state index in [1.54, 1.807) is 0 Å². The maximum absolute atomic E-state index is 14.6. The topological polar surface area (TPSA) is 313 Å². The van der Waals surface area contributed by atoms with Crippen molar-refractivity contribution in [3.8, 4) is 0 Å². The van der Waals surface area contributed by atoms with Crippen molar-refractivity contribution in [2.75, 3.05) is 26.4 Å². The van der Waals surface area contributed by atoms with Crippen LogP contribution in [-0.2, 0) is 42.7 Å². The molecule has 0 aromatic rings. The lowest BCUT2D eigenvalue weighted by atomic mass is 9.46. The van der Waals surface area contributed by atoms with Crippen LogP contribution in [0.1, 0.15) is 72.6 Å². The van der Waals surface area contributed by atoms with Crippen LogP contribution in [0.4, 0.5) is 0 Å². The smallest absolute Gasteiger partial charge is 0.187 e. The molecule has 0 bridgehead atoms. The van der Waals surface area contributed by atoms with Gasteiger partial charge in [0.1, 0.15) is 79.0 Å². The third kappa shape index (κ3) is 7.82. The Labute approximate surface area is 377 Å². The number of fused-ring (bicyclic) bond motifs is 7. The number of aliphatic hydroxyl groups excluding tert-OH is 11. The molecule has 9 aliphatic rings. The van der Waals surface area contributed by atoms with Crippen molar-refractivity contribution in [1.29, 1.82) is 0 Å². The number of aliphatic hydroxyl groups is 11. The first-order valence-electron chi connectivity index (χ1n) is 23.6. The molecule has 5 heterocycles. The van der Waals surface area contributed by atoms with Crippen LogP contribution in [-0.4, -0.2) is 205 Å². The first-order chi connectivity index (χ1) is 30.8. The monoisotopic (exact) mass is 930 g/mol. The Bertz CT molecular complexity index is 1750. The molecular formula is C45H70O20. The van der Waals surface area contributed by atoms with E-state index < -0.39 is 135 Å². The van der Waals surface area contributed by atoms with E-state index in [2.05, 4.69) is 26.8 Å². The molecule has 20 nitrogen and oxygen atoms in total. The summed E-state index contributed by atoms with van der Waals surface area (Å²) in [4.78, 5) is 14.6. The summed E-state index contributed by atoms with van der Waals surface area (Å²) >= 11 is 0. The molecule has 3 saturated carbocycles. The van der Waals surface area contributed by atoms with Crippen LogP contribution in [0, 0.1) is 46.3 Å². The first-order valence-corrected chi connectivity index (χ1v) is 23.6. The van der Waals surface area contributed by atoms with Crippen molar-refractivity contribution in [1.82, 2.24) is 0 Å². The van der Waals surface area contributed by atoms with Gasteiger partial charge in [0.25, 0.3) is 0 Å². The average Bonchev–Trinajstić information content (AvgIpc) is 3.73. The Hall–Kier alpha value is -1.35. The van der Waals surface area contributed by atoms with Crippen LogP contribution < -0.4 is 0 Å². The van der Waals surface area contributed by atoms with Gasteiger partial charge in [0.2, 0.25) is 0 Å². The summed E-state index contributed by atoms with van der Waals surface area (Å²) in [5, 5.41) is 117. The van der Waals surface area contributed by atoms with Gasteiger partial charge in [-0.25, -0.2) is 0 Å². The van der Waals surface area contributed by atoms with Gasteiger partial charge in [-0.1, -0.05) is 39.3 Å². The van der Waals surface area contributed by atoms with Gasteiger partial charge in [-0.2, -0.15) is 0 Å². The van der Waals surface area contributed by atoms with Gasteiger partial charge in [0.15, 0.2) is 24.7 Å². The highest BCUT2D eigenvalue weighted by Gasteiger charge is 2.72. The molecule has 370 valence electrons. The van der Waals surface area contributed by atoms with Crippen LogP contribution >= 0.6 is 0 Å². The summed E-state index contributed by atoms with van der Waals surface area (Å²) in [6.07, 6.45) is -19.9. The van der Waals surface area contributed by atoms with Gasteiger partial charge in [-0.3, -0.25) is 4.79 Å². The zero-order valence-electron chi connectivity index (χ0n) is 37.3. The van der Waals surface area contributed by atoms with E-state index in [4.69, 9.17) is 37.9 Å². The zero-order chi connectivity index (χ0) is 46.7. The minimum Gasteiger partial charge on any atom is -0.394 e. The lowest BCUT2D eigenvalue weighted by Gasteiger charge is -2.58. The highest BCUT2D eigenvalue weighted by Crippen LogP contribution is 2.69. The number of rotatable bonds is 9. The molecule has 0 amide bonds. The number of carbonyl (C=O) groups excluding carboxylic acids is 1. The normalized spacial score (nSPS) is 56.7. The lowest BCUT2D eigenvalue weighted by Crippen LogP contribution is -2.67. The first kappa shape index (κ1) is 48.7. The number of hydrogen-bond acceptors (Lipinski definition) is 20. The highest BCUT2D eigenvalue weighted by atomic mass is 16.8. The maximum Gasteiger partial charge on any atom is 0.187 e. The van der Waals surface area contributed by atoms with Crippen LogP contribution in [0.3, 0.4) is 0 Å². The van der Waals surface area contributed by atoms with Crippen LogP contribution in [0.25, 0.3) is 0 Å². The molecule has 0 aromatic carbocycles. The molecule has 0 radical (unpaired) electrons. The van der Waals surface area contributed by atoms with E-state index in [1.165, 1.54) is 0 Å². The second-order valence-corrected chi connectivity index (χ2v) is 21.1. The van der Waals surface area contributed by atoms with E-state index >= 15 is 0 Å². The maximum atomic E-state index is 14.6. The summed E-state index contributed by atoms with van der Waals surface area (Å²) in [7, 11) is 0. The van der Waals surface area contributed by atoms with Gasteiger partial charge in [-0.05, 0) is 55.3 Å². The minimum atomic E-state index is -1.91. The molecule has 0 aromatic heterocycles. The predicted octanol–water partition coefficient (Wildman–Crippen LogP) is -2.66. The predicted molar refractivity (Wildman–Crippen MR) is 217 cm³/mol. The molecule has 27 atom stereocenters. The van der Waals surface area contributed by atoms with E-state index in [1.807, 2.05) is 6.92 Å². The molecule has 1 unspecified atom stereocenters. The molecule has 65 heavy (non-hydrogen) atoms. The third-order valence-electron chi connectivity index (χ3n) is 17.7. The molecule has 8 fully saturated rings. The van der Waals surface area contributed by atoms with Crippen molar-refractivity contribution in [2.45, 2.75) is 189 Å². The fourth-order valence-corrected chi connectivity index (χ4v) is 13.8. The summed E-state index contributed by atoms with van der Waals surface area (Å²) < 4.78 is 48.4. The standard InChI is InChI=1S/C45H70O20/c1-17-16-58-45(12-24(17)49)18(2)30-25(65-45)10-23-21-6-5-19-9-20(7-8-43(19,3)22(21)11-29(50)44(23,30)4)59-40-37(57)35(55)38(28(15-48)62-40)63-42-39(34(54)32(52)27(14-47)61-42)64-41-36(56)33(53)31(51)26(13-46)60-41/h5,17-18,20-28,30-42,46-49,51-57H,6-16H2,1-4H3/t17-,18+,20+,21-,22+,23+,24?,25+,26-,27-,28-,30+,31-,32-,33+,34+,35-,36-,37-,38+,39-,40-,41+,42+,43+,44-,45-/m1/s1. The lowest BCUT2D eigenvalue weighted by molar-refractivity contribution is -0.390. The van der Waals surface area contributed by atoms with Gasteiger partial charge in [0, 0.05) is 36.0 Å². The molecule has 5 aliphatic heterocycles. The van der Waals surface area contributed by atoms with Crippen LogP contribution in [0.15, 0.2) is 11.6 Å². The molecule has 5 saturated heterocycles. The Morgan fingerprint density at radius 1 is 0.708 bits per heavy atom. The van der Waals surface area contributed by atoms with Gasteiger partial charge >= 0.3 is 0 Å². The van der Waals surface area contributed by atoms with Crippen molar-refractivity contribution >= 4 is 5.78 Å². The molecule has 20 heteroatoms. The Morgan fingerprint density at radius 3 is 1.98 bits per heavy atom. The molecule has 11 N–H and O–H groups in total. The fraction of sp³-hybridized carbons (Fsp3) is 0.933. The van der Waals surface area contributed by atoms with Crippen molar-refractivity contribution in [2.24, 2.45) is 46.3 Å². The average molecular weight is 931 g/mol. The Kier molecular flexibility index (Phi) is 13.6. The van der Waals surface area contributed by atoms with Crippen molar-refractivity contribution in [3.63, 3.8) is 0 Å². The Morgan fingerprint density at radius 2 is 1.31 bits per heavy atom. The quantitative estimate of drug-likeness (QED) is 0.105. The number of ketones is 1. The summed E-state index contributed by atoms with van der Waals surface area (Å²) in [5.74, 6) is -0.146. The van der Waals surface area contributed by atoms with E-state index in [-0.39, 0.29) is 52.8 Å². The number of hydrogen-bond donors (Lipinski definition) is 11. The Balaban J connectivity index is 0.859. The number of allylic oxidation sites excluding steroid dienone is 1. The third-order valence-corrected chi connectivity index (χ3v) is 17.7. The summed E-state index contributed by atoms with van der Waals surface area (Å²) in [6.45, 7) is 6.56. The highest BCUT2D eigenvalue weighted by molar-refractivity contribution is 5.87. The molecule has 4 aliphatic carbocycles. The SMILES string of the molecule is C[C@@H]1CO[C@]2(CC1O)O[C@H]1C[C@H]3[C@@H]4CC=C5C[C@@H](O[C@@H]6O[C@H](CO)[C@H](O[C@@H]7O[C@H](CO)[C@@H](O)[C@H](O)[C@H]7O[C@@H]7O[C@H](CO)[C@@H](O)[C@H](O)[C@H]7O)[C@H](O)[C@H]6O)CC[C@]5(C)[C@H]4CC(=O)[C@]3(C)[C@H]1[C@@H]2C. The molecular weight excluding hydrogens is 860 g/mol. The van der Waals surface area contributed by atoms with Gasteiger partial charge in [-0.15, -0.1) is 0 Å². The fourth-order valence-electron chi connectivity index (χ4n) is 13.8. The molecule has 9 rings (SSSR count). The van der Waals surface area contributed by atoms with Crippen LogP contribution in [0.2, 0.25) is 0 Å². The minimum absolute atomic E-state index is 0.00712. The van der Waals surface area contributed by atoms with Crippen LogP contribution in [0.5, 0.6) is 0 Å². The van der Waals surface area contributed by atoms with Gasteiger partial charge in [0.05, 0.1) is 44.7 Å². The summed E-state index contributed by atoms with van der Waals surface area (Å²) in [6, 6.07) is 0.